The van der Waals surface area contributed by atoms with Gasteiger partial charge >= 0.3 is 5.97 Å². The van der Waals surface area contributed by atoms with E-state index in [1.54, 1.807) is 6.92 Å². The zero-order valence-electron chi connectivity index (χ0n) is 10.9. The van der Waals surface area contributed by atoms with Crippen molar-refractivity contribution < 1.29 is 14.3 Å². The molecule has 0 fully saturated rings. The van der Waals surface area contributed by atoms with Crippen LogP contribution in [0.1, 0.15) is 53.9 Å². The van der Waals surface area contributed by atoms with Gasteiger partial charge in [0, 0.05) is 12.5 Å². The van der Waals surface area contributed by atoms with Crippen LogP contribution in [0.4, 0.5) is 0 Å². The van der Waals surface area contributed by atoms with E-state index in [9.17, 15) is 9.59 Å². The van der Waals surface area contributed by atoms with Crippen molar-refractivity contribution in [3.63, 3.8) is 0 Å². The predicted octanol–water partition coefficient (Wildman–Crippen LogP) is 2.02. The maximum atomic E-state index is 11.4. The monoisotopic (exact) mass is 229 g/mol. The molecule has 0 heterocycles. The Morgan fingerprint density at radius 3 is 2.31 bits per heavy atom. The Hall–Kier alpha value is -1.06. The largest absolute Gasteiger partial charge is 0.460 e. The van der Waals surface area contributed by atoms with Crippen LogP contribution in [0.2, 0.25) is 0 Å². The van der Waals surface area contributed by atoms with E-state index in [1.807, 2.05) is 27.7 Å². The molecule has 0 rings (SSSR count). The summed E-state index contributed by atoms with van der Waals surface area (Å²) in [7, 11) is 0. The SMILES string of the molecule is CCCC(=O)N[C@H](C)CC(=O)OC(C)(C)C. The zero-order chi connectivity index (χ0) is 12.8. The van der Waals surface area contributed by atoms with Gasteiger partial charge in [-0.3, -0.25) is 9.59 Å². The van der Waals surface area contributed by atoms with Crippen LogP contribution >= 0.6 is 0 Å². The summed E-state index contributed by atoms with van der Waals surface area (Å²) >= 11 is 0. The fourth-order valence-electron chi connectivity index (χ4n) is 1.26. The fraction of sp³-hybridized carbons (Fsp3) is 0.833. The molecular weight excluding hydrogens is 206 g/mol. The molecule has 0 aromatic heterocycles. The molecule has 0 aliphatic rings. The van der Waals surface area contributed by atoms with E-state index in [0.29, 0.717) is 6.42 Å². The molecule has 1 atom stereocenters. The lowest BCUT2D eigenvalue weighted by molar-refractivity contribution is -0.155. The number of rotatable bonds is 5. The summed E-state index contributed by atoms with van der Waals surface area (Å²) in [5.74, 6) is -0.296. The Morgan fingerprint density at radius 1 is 1.31 bits per heavy atom. The Bertz CT molecular complexity index is 243. The summed E-state index contributed by atoms with van der Waals surface area (Å²) in [6, 6.07) is -0.172. The first-order chi connectivity index (χ1) is 7.24. The van der Waals surface area contributed by atoms with E-state index in [1.165, 1.54) is 0 Å². The van der Waals surface area contributed by atoms with Crippen LogP contribution in [0, 0.1) is 0 Å². The standard InChI is InChI=1S/C12H23NO3/c1-6-7-10(14)13-9(2)8-11(15)16-12(3,4)5/h9H,6-8H2,1-5H3,(H,13,14)/t9-/m1/s1. The molecule has 0 radical (unpaired) electrons. The third-order valence-electron chi connectivity index (χ3n) is 1.78. The van der Waals surface area contributed by atoms with Crippen molar-refractivity contribution in [1.29, 1.82) is 0 Å². The molecule has 1 amide bonds. The minimum atomic E-state index is -0.468. The molecule has 94 valence electrons. The number of nitrogens with one attached hydrogen (secondary N) is 1. The molecule has 4 heteroatoms. The summed E-state index contributed by atoms with van der Waals surface area (Å²) in [6.07, 6.45) is 1.52. The molecule has 0 aromatic carbocycles. The first kappa shape index (κ1) is 14.9. The molecule has 0 saturated heterocycles. The van der Waals surface area contributed by atoms with Gasteiger partial charge in [-0.25, -0.2) is 0 Å². The lowest BCUT2D eigenvalue weighted by Crippen LogP contribution is -2.35. The highest BCUT2D eigenvalue weighted by molar-refractivity contribution is 5.77. The van der Waals surface area contributed by atoms with Crippen LogP contribution in [-0.2, 0) is 14.3 Å². The number of ether oxygens (including phenoxy) is 1. The Labute approximate surface area is 97.7 Å². The van der Waals surface area contributed by atoms with Crippen LogP contribution in [-0.4, -0.2) is 23.5 Å². The topological polar surface area (TPSA) is 55.4 Å². The highest BCUT2D eigenvalue weighted by atomic mass is 16.6. The van der Waals surface area contributed by atoms with Gasteiger partial charge in [-0.2, -0.15) is 0 Å². The molecule has 0 aromatic rings. The number of amides is 1. The van der Waals surface area contributed by atoms with Gasteiger partial charge in [0.05, 0.1) is 6.42 Å². The van der Waals surface area contributed by atoms with Crippen molar-refractivity contribution in [1.82, 2.24) is 5.32 Å². The Kier molecular flexibility index (Phi) is 6.08. The van der Waals surface area contributed by atoms with Gasteiger partial charge in [-0.15, -0.1) is 0 Å². The molecule has 0 aliphatic heterocycles. The Balaban J connectivity index is 3.91. The van der Waals surface area contributed by atoms with E-state index in [0.717, 1.165) is 6.42 Å². The van der Waals surface area contributed by atoms with Crippen LogP contribution in [0.3, 0.4) is 0 Å². The van der Waals surface area contributed by atoms with Gasteiger partial charge in [0.1, 0.15) is 5.60 Å². The van der Waals surface area contributed by atoms with E-state index in [4.69, 9.17) is 4.74 Å². The van der Waals surface area contributed by atoms with E-state index < -0.39 is 5.60 Å². The first-order valence-electron chi connectivity index (χ1n) is 5.75. The van der Waals surface area contributed by atoms with Crippen LogP contribution in [0.25, 0.3) is 0 Å². The van der Waals surface area contributed by atoms with Gasteiger partial charge in [0.25, 0.3) is 0 Å². The predicted molar refractivity (Wildman–Crippen MR) is 63.0 cm³/mol. The van der Waals surface area contributed by atoms with E-state index in [2.05, 4.69) is 5.32 Å². The van der Waals surface area contributed by atoms with Crippen molar-refractivity contribution in [2.45, 2.75) is 65.5 Å². The summed E-state index contributed by atoms with van der Waals surface area (Å²) in [5.41, 5.74) is -0.468. The van der Waals surface area contributed by atoms with Crippen molar-refractivity contribution in [3.8, 4) is 0 Å². The Morgan fingerprint density at radius 2 is 1.88 bits per heavy atom. The minimum absolute atomic E-state index is 0.0152. The fourth-order valence-corrected chi connectivity index (χ4v) is 1.26. The summed E-state index contributed by atoms with van der Waals surface area (Å²) in [5, 5.41) is 2.76. The van der Waals surface area contributed by atoms with E-state index in [-0.39, 0.29) is 24.3 Å². The van der Waals surface area contributed by atoms with Crippen molar-refractivity contribution >= 4 is 11.9 Å². The van der Waals surface area contributed by atoms with Gasteiger partial charge in [-0.1, -0.05) is 6.92 Å². The van der Waals surface area contributed by atoms with Gasteiger partial charge in [-0.05, 0) is 34.1 Å². The molecule has 4 nitrogen and oxygen atoms in total. The molecule has 0 aliphatic carbocycles. The molecule has 0 bridgehead atoms. The van der Waals surface area contributed by atoms with Gasteiger partial charge < -0.3 is 10.1 Å². The van der Waals surface area contributed by atoms with Gasteiger partial charge in [0.15, 0.2) is 0 Å². The lowest BCUT2D eigenvalue weighted by atomic mass is 10.2. The van der Waals surface area contributed by atoms with Crippen LogP contribution in [0.15, 0.2) is 0 Å². The summed E-state index contributed by atoms with van der Waals surface area (Å²) in [4.78, 5) is 22.7. The normalized spacial score (nSPS) is 13.1. The third kappa shape index (κ3) is 8.26. The lowest BCUT2D eigenvalue weighted by Gasteiger charge is -2.21. The number of carbonyl (C=O) groups excluding carboxylic acids is 2. The van der Waals surface area contributed by atoms with Gasteiger partial charge in [0.2, 0.25) is 5.91 Å². The third-order valence-corrected chi connectivity index (χ3v) is 1.78. The minimum Gasteiger partial charge on any atom is -0.460 e. The smallest absolute Gasteiger partial charge is 0.308 e. The second-order valence-electron chi connectivity index (χ2n) is 5.01. The molecule has 0 saturated carbocycles. The average molecular weight is 229 g/mol. The molecule has 0 unspecified atom stereocenters. The van der Waals surface area contributed by atoms with Crippen molar-refractivity contribution in [2.24, 2.45) is 0 Å². The summed E-state index contributed by atoms with van der Waals surface area (Å²) < 4.78 is 5.16. The van der Waals surface area contributed by atoms with Crippen LogP contribution < -0.4 is 5.32 Å². The van der Waals surface area contributed by atoms with Crippen LogP contribution in [0.5, 0.6) is 0 Å². The van der Waals surface area contributed by atoms with Crippen molar-refractivity contribution in [2.75, 3.05) is 0 Å². The molecular formula is C12H23NO3. The maximum absolute atomic E-state index is 11.4. The number of hydrogen-bond donors (Lipinski definition) is 1. The summed E-state index contributed by atoms with van der Waals surface area (Å²) in [6.45, 7) is 9.22. The number of carbonyl (C=O) groups is 2. The highest BCUT2D eigenvalue weighted by Gasteiger charge is 2.18. The number of hydrogen-bond acceptors (Lipinski definition) is 3. The molecule has 0 spiro atoms. The van der Waals surface area contributed by atoms with E-state index >= 15 is 0 Å². The first-order valence-corrected chi connectivity index (χ1v) is 5.75. The highest BCUT2D eigenvalue weighted by Crippen LogP contribution is 2.09. The molecule has 1 N–H and O–H groups in total. The second kappa shape index (κ2) is 6.51. The van der Waals surface area contributed by atoms with Crippen molar-refractivity contribution in [3.05, 3.63) is 0 Å². The average Bonchev–Trinajstić information content (AvgIpc) is 1.98. The maximum Gasteiger partial charge on any atom is 0.308 e. The second-order valence-corrected chi connectivity index (χ2v) is 5.01. The zero-order valence-corrected chi connectivity index (χ0v) is 10.9. The molecule has 16 heavy (non-hydrogen) atoms. The number of esters is 1. The quantitative estimate of drug-likeness (QED) is 0.734.